The molecule has 0 amide bonds. The minimum Gasteiger partial charge on any atom is -0.491 e. The summed E-state index contributed by atoms with van der Waals surface area (Å²) in [6, 6.07) is 22.7. The molecule has 0 bridgehead atoms. The highest BCUT2D eigenvalue weighted by Gasteiger charge is 2.50. The van der Waals surface area contributed by atoms with Gasteiger partial charge in [-0.15, -0.1) is 0 Å². The second-order valence-electron chi connectivity index (χ2n) is 15.0. The van der Waals surface area contributed by atoms with Gasteiger partial charge in [0.1, 0.15) is 18.0 Å². The van der Waals surface area contributed by atoms with Crippen molar-refractivity contribution in [3.05, 3.63) is 88.4 Å². The second kappa shape index (κ2) is 19.2. The average Bonchev–Trinajstić information content (AvgIpc) is 3.65. The lowest BCUT2D eigenvalue weighted by atomic mass is 9.87. The molecule has 1 fully saturated rings. The Morgan fingerprint density at radius 3 is 2.10 bits per heavy atom. The lowest BCUT2D eigenvalue weighted by Crippen LogP contribution is -2.65. The number of ether oxygens (including phenoxy) is 5. The summed E-state index contributed by atoms with van der Waals surface area (Å²) < 4.78 is 32.8. The number of halogens is 1. The van der Waals surface area contributed by atoms with Crippen molar-refractivity contribution in [1.82, 2.24) is 0 Å². The Kier molecular flexibility index (Phi) is 15.0. The zero-order valence-corrected chi connectivity index (χ0v) is 33.4. The third-order valence-electron chi connectivity index (χ3n) is 10.8. The predicted octanol–water partition coefficient (Wildman–Crippen LogP) is 8.76. The van der Waals surface area contributed by atoms with Crippen molar-refractivity contribution in [3.63, 3.8) is 0 Å². The summed E-state index contributed by atoms with van der Waals surface area (Å²) in [4.78, 5) is 12.9. The van der Waals surface area contributed by atoms with Crippen LogP contribution < -0.4 is 15.1 Å². The number of benzene rings is 3. The van der Waals surface area contributed by atoms with Crippen molar-refractivity contribution in [2.75, 3.05) is 33.0 Å². The van der Waals surface area contributed by atoms with E-state index in [0.717, 1.165) is 97.2 Å². The molecule has 8 heteroatoms. The van der Waals surface area contributed by atoms with E-state index in [4.69, 9.17) is 35.3 Å². The Morgan fingerprint density at radius 1 is 0.863 bits per heavy atom. The second-order valence-corrected chi connectivity index (χ2v) is 19.3. The third kappa shape index (κ3) is 9.47. The minimum absolute atomic E-state index is 0.110. The fourth-order valence-corrected chi connectivity index (χ4v) is 11.7. The summed E-state index contributed by atoms with van der Waals surface area (Å²) in [6.07, 6.45) is 8.33. The molecule has 0 spiro atoms. The number of hydrogen-bond acceptors (Lipinski definition) is 6. The van der Waals surface area contributed by atoms with Crippen LogP contribution in [0.15, 0.2) is 66.7 Å². The van der Waals surface area contributed by atoms with Gasteiger partial charge in [0.2, 0.25) is 0 Å². The van der Waals surface area contributed by atoms with Crippen molar-refractivity contribution in [2.24, 2.45) is 0 Å². The van der Waals surface area contributed by atoms with Crippen LogP contribution in [0.4, 0.5) is 0 Å². The van der Waals surface area contributed by atoms with Crippen LogP contribution >= 0.6 is 11.6 Å². The third-order valence-corrected chi connectivity index (χ3v) is 15.8. The smallest absolute Gasteiger partial charge is 0.258 e. The number of fused-ring (bicyclic) bond motifs is 1. The first-order chi connectivity index (χ1) is 24.7. The number of aryl methyl sites for hydroxylation is 1. The number of unbranched alkanes of at least 4 members (excludes halogenated alkanes) is 3. The summed E-state index contributed by atoms with van der Waals surface area (Å²) in [5.74, 6) is 0.765. The Labute approximate surface area is 313 Å². The molecular formula is C43H61ClO6Si. The summed E-state index contributed by atoms with van der Waals surface area (Å²) in [5.41, 5.74) is 3.21. The maximum Gasteiger partial charge on any atom is 0.258 e. The van der Waals surface area contributed by atoms with Gasteiger partial charge in [0.05, 0.1) is 30.4 Å². The normalized spacial score (nSPS) is 20.7. The average molecular weight is 737 g/mol. The molecule has 3 aromatic carbocycles. The minimum atomic E-state index is -3.20. The first-order valence-electron chi connectivity index (χ1n) is 19.5. The topological polar surface area (TPSA) is 66.4 Å². The fourth-order valence-electron chi connectivity index (χ4n) is 7.63. The van der Waals surface area contributed by atoms with Crippen LogP contribution in [0.5, 0.6) is 5.75 Å². The maximum atomic E-state index is 12.9. The predicted molar refractivity (Wildman–Crippen MR) is 210 cm³/mol. The van der Waals surface area contributed by atoms with Gasteiger partial charge in [0.25, 0.3) is 8.32 Å². The van der Waals surface area contributed by atoms with Crippen LogP contribution in [0.2, 0.25) is 10.1 Å². The highest BCUT2D eigenvalue weighted by atomic mass is 35.5. The van der Waals surface area contributed by atoms with Crippen molar-refractivity contribution in [3.8, 4) is 5.75 Å². The van der Waals surface area contributed by atoms with Gasteiger partial charge < -0.3 is 28.5 Å². The zero-order chi connectivity index (χ0) is 36.3. The molecule has 280 valence electrons. The molecule has 4 atom stereocenters. The standard InChI is InChI=1S/C43H61ClO6Si/c1-6-9-25-46-31-33-30-38(47-26-10-7-2)42(48-27-11-8-3)41(50-33)37-29-32(39(44)40-36(37)23-28-49-40)22-24-43(4,5)51(45,34-18-14-12-15-19-34)35-20-16-13-17-21-35/h12-21,29,33,38,41-42,45H,6-11,22-28,30-31H2,1-5H3/t33-,38-,41?,42+/m0/s1. The summed E-state index contributed by atoms with van der Waals surface area (Å²) in [6.45, 7) is 14.2. The molecule has 1 unspecified atom stereocenters. The molecule has 2 heterocycles. The Bertz CT molecular complexity index is 1450. The zero-order valence-electron chi connectivity index (χ0n) is 31.6. The quantitative estimate of drug-likeness (QED) is 0.0925. The van der Waals surface area contributed by atoms with Gasteiger partial charge in [-0.1, -0.05) is 132 Å². The molecule has 2 aliphatic heterocycles. The van der Waals surface area contributed by atoms with Crippen molar-refractivity contribution in [1.29, 1.82) is 0 Å². The van der Waals surface area contributed by atoms with Gasteiger partial charge in [0, 0.05) is 38.2 Å². The van der Waals surface area contributed by atoms with Crippen molar-refractivity contribution in [2.45, 2.75) is 128 Å². The van der Waals surface area contributed by atoms with E-state index >= 15 is 0 Å². The van der Waals surface area contributed by atoms with Crippen LogP contribution in [0.3, 0.4) is 0 Å². The molecule has 0 aromatic heterocycles. The molecule has 1 N–H and O–H groups in total. The first-order valence-corrected chi connectivity index (χ1v) is 21.8. The molecule has 0 aliphatic carbocycles. The van der Waals surface area contributed by atoms with Gasteiger partial charge in [-0.3, -0.25) is 0 Å². The lowest BCUT2D eigenvalue weighted by molar-refractivity contribution is -0.213. The Hall–Kier alpha value is -2.23. The van der Waals surface area contributed by atoms with E-state index in [1.54, 1.807) is 0 Å². The molecule has 2 aliphatic rings. The molecule has 6 nitrogen and oxygen atoms in total. The fraction of sp³-hybridized carbons (Fsp3) is 0.581. The highest BCUT2D eigenvalue weighted by molar-refractivity contribution is 6.98. The largest absolute Gasteiger partial charge is 0.491 e. The Morgan fingerprint density at radius 2 is 1.47 bits per heavy atom. The van der Waals surface area contributed by atoms with Gasteiger partial charge in [-0.05, 0) is 58.6 Å². The number of hydrogen-bond donors (Lipinski definition) is 1. The molecule has 1 saturated heterocycles. The van der Waals surface area contributed by atoms with Crippen molar-refractivity contribution >= 4 is 30.3 Å². The SMILES string of the molecule is CCCCOC[C@@H]1C[C@H](OCCCC)[C@@H](OCCCC)C(c2cc(CCC(C)(C)[Si](O)(c3ccccc3)c3ccccc3)c(Cl)c3c2CCO3)O1. The van der Waals surface area contributed by atoms with Gasteiger partial charge in [-0.25, -0.2) is 0 Å². The number of rotatable bonds is 20. The van der Waals surface area contributed by atoms with E-state index in [-0.39, 0.29) is 24.4 Å². The summed E-state index contributed by atoms with van der Waals surface area (Å²) >= 11 is 7.23. The van der Waals surface area contributed by atoms with E-state index in [0.29, 0.717) is 37.9 Å². The molecule has 0 radical (unpaired) electrons. The van der Waals surface area contributed by atoms with Gasteiger partial charge >= 0.3 is 0 Å². The van der Waals surface area contributed by atoms with Crippen LogP contribution in [0.25, 0.3) is 0 Å². The molecule has 0 saturated carbocycles. The van der Waals surface area contributed by atoms with E-state index in [2.05, 4.69) is 65.0 Å². The van der Waals surface area contributed by atoms with E-state index in [9.17, 15) is 4.80 Å². The summed E-state index contributed by atoms with van der Waals surface area (Å²) in [5, 5.41) is 2.26. The maximum absolute atomic E-state index is 12.9. The van der Waals surface area contributed by atoms with Crippen LogP contribution in [-0.2, 0) is 31.8 Å². The van der Waals surface area contributed by atoms with Crippen LogP contribution in [-0.4, -0.2) is 64.5 Å². The summed E-state index contributed by atoms with van der Waals surface area (Å²) in [7, 11) is -3.20. The molecule has 51 heavy (non-hydrogen) atoms. The van der Waals surface area contributed by atoms with E-state index in [1.165, 1.54) is 0 Å². The highest BCUT2D eigenvalue weighted by Crippen LogP contribution is 2.47. The molecular weight excluding hydrogens is 676 g/mol. The first kappa shape index (κ1) is 40.0. The van der Waals surface area contributed by atoms with Crippen molar-refractivity contribution < 1.29 is 28.5 Å². The van der Waals surface area contributed by atoms with E-state index in [1.807, 2.05) is 36.4 Å². The molecule has 3 aromatic rings. The Balaban J connectivity index is 1.50. The van der Waals surface area contributed by atoms with Gasteiger partial charge in [-0.2, -0.15) is 0 Å². The van der Waals surface area contributed by atoms with E-state index < -0.39 is 13.4 Å². The monoisotopic (exact) mass is 736 g/mol. The van der Waals surface area contributed by atoms with Gasteiger partial charge in [0.15, 0.2) is 0 Å². The molecule has 5 rings (SSSR count). The lowest BCUT2D eigenvalue weighted by Gasteiger charge is -2.43. The van der Waals surface area contributed by atoms with Crippen LogP contribution in [0, 0.1) is 0 Å². The van der Waals surface area contributed by atoms with Crippen LogP contribution in [0.1, 0.15) is 109 Å².